The lowest BCUT2D eigenvalue weighted by Gasteiger charge is -1.90. The molecule has 1 aromatic rings. The van der Waals surface area contributed by atoms with Crippen molar-refractivity contribution in [3.8, 4) is 0 Å². The molecule has 1 aromatic carbocycles. The molecule has 1 aliphatic carbocycles. The molecule has 1 aliphatic rings. The summed E-state index contributed by atoms with van der Waals surface area (Å²) >= 11 is 0. The van der Waals surface area contributed by atoms with Gasteiger partial charge in [-0.2, -0.15) is 0 Å². The molecule has 0 unspecified atom stereocenters. The topological polar surface area (TPSA) is 31.5 Å². The standard InChI is InChI=1S/C9H11.C8H10.C2H6.H2O/c1-8-4-3-5-9(2)7-6-8;1-7-3-5-8(2)6-4-7;1-2;/h3-7H,1-2H3;3-6H,1-2H3;1-2H3;1H2. The van der Waals surface area contributed by atoms with E-state index in [9.17, 15) is 0 Å². The minimum Gasteiger partial charge on any atom is -0.412 e. The first-order valence-electron chi connectivity index (χ1n) is 6.98. The third-order valence-electron chi connectivity index (χ3n) is 2.55. The molecule has 0 bridgehead atoms. The summed E-state index contributed by atoms with van der Waals surface area (Å²) in [7, 11) is 0. The van der Waals surface area contributed by atoms with E-state index in [1.807, 2.05) is 13.8 Å². The Hall–Kier alpha value is -1.60. The molecule has 20 heavy (non-hydrogen) atoms. The van der Waals surface area contributed by atoms with E-state index in [1.165, 1.54) is 22.3 Å². The molecule has 0 amide bonds. The molecule has 0 spiro atoms. The van der Waals surface area contributed by atoms with E-state index in [1.54, 1.807) is 0 Å². The lowest BCUT2D eigenvalue weighted by molar-refractivity contribution is 0.824. The molecule has 1 heteroatoms. The van der Waals surface area contributed by atoms with E-state index in [2.05, 4.69) is 82.7 Å². The van der Waals surface area contributed by atoms with Crippen LogP contribution in [-0.2, 0) is 0 Å². The lowest BCUT2D eigenvalue weighted by Crippen LogP contribution is -1.70. The predicted molar refractivity (Wildman–Crippen MR) is 91.8 cm³/mol. The van der Waals surface area contributed by atoms with Crippen molar-refractivity contribution in [3.63, 3.8) is 0 Å². The third kappa shape index (κ3) is 10.3. The summed E-state index contributed by atoms with van der Waals surface area (Å²) in [6, 6.07) is 8.48. The lowest BCUT2D eigenvalue weighted by atomic mass is 10.2. The number of hydrogen-bond acceptors (Lipinski definition) is 0. The highest BCUT2D eigenvalue weighted by Crippen LogP contribution is 2.07. The van der Waals surface area contributed by atoms with Crippen LogP contribution in [0.3, 0.4) is 0 Å². The molecule has 0 aromatic heterocycles. The molecule has 0 saturated heterocycles. The molecule has 0 atom stereocenters. The van der Waals surface area contributed by atoms with Gasteiger partial charge in [0, 0.05) is 6.42 Å². The van der Waals surface area contributed by atoms with Crippen molar-refractivity contribution in [1.82, 2.24) is 0 Å². The summed E-state index contributed by atoms with van der Waals surface area (Å²) in [6.07, 6.45) is 10.5. The van der Waals surface area contributed by atoms with E-state index in [0.29, 0.717) is 0 Å². The number of hydrogen-bond donors (Lipinski definition) is 0. The van der Waals surface area contributed by atoms with Gasteiger partial charge in [-0.05, 0) is 27.7 Å². The number of benzene rings is 1. The fourth-order valence-electron chi connectivity index (χ4n) is 1.36. The van der Waals surface area contributed by atoms with Crippen LogP contribution in [-0.4, -0.2) is 5.48 Å². The second-order valence-corrected chi connectivity index (χ2v) is 4.50. The van der Waals surface area contributed by atoms with Crippen molar-refractivity contribution >= 4 is 0 Å². The zero-order chi connectivity index (χ0) is 14.7. The van der Waals surface area contributed by atoms with E-state index in [-0.39, 0.29) is 5.48 Å². The average molecular weight is 273 g/mol. The summed E-state index contributed by atoms with van der Waals surface area (Å²) < 4.78 is 0. The molecule has 1 radical (unpaired) electrons. The van der Waals surface area contributed by atoms with Gasteiger partial charge in [0.2, 0.25) is 0 Å². The van der Waals surface area contributed by atoms with Crippen LogP contribution < -0.4 is 0 Å². The highest BCUT2D eigenvalue weighted by molar-refractivity contribution is 5.34. The predicted octanol–water partition coefficient (Wildman–Crippen LogP) is 5.16. The van der Waals surface area contributed by atoms with Crippen LogP contribution in [0.5, 0.6) is 0 Å². The third-order valence-corrected chi connectivity index (χ3v) is 2.55. The van der Waals surface area contributed by atoms with Gasteiger partial charge in [0.05, 0.1) is 0 Å². The second kappa shape index (κ2) is 12.4. The molecule has 0 aliphatic heterocycles. The fraction of sp³-hybridized carbons (Fsp3) is 0.316. The summed E-state index contributed by atoms with van der Waals surface area (Å²) in [4.78, 5) is 0. The van der Waals surface area contributed by atoms with Gasteiger partial charge in [-0.3, -0.25) is 0 Å². The molecular weight excluding hydrogens is 244 g/mol. The van der Waals surface area contributed by atoms with Crippen molar-refractivity contribution in [2.75, 3.05) is 0 Å². The molecule has 111 valence electrons. The Morgan fingerprint density at radius 3 is 1.50 bits per heavy atom. The maximum Gasteiger partial charge on any atom is 0.00807 e. The van der Waals surface area contributed by atoms with Gasteiger partial charge in [-0.1, -0.05) is 84.7 Å². The summed E-state index contributed by atoms with van der Waals surface area (Å²) in [5.74, 6) is 0. The van der Waals surface area contributed by atoms with Crippen LogP contribution in [0.15, 0.2) is 59.7 Å². The molecule has 0 heterocycles. The first-order valence-corrected chi connectivity index (χ1v) is 6.98. The van der Waals surface area contributed by atoms with Crippen molar-refractivity contribution in [1.29, 1.82) is 0 Å². The monoisotopic (exact) mass is 273 g/mol. The largest absolute Gasteiger partial charge is 0.412 e. The Morgan fingerprint density at radius 1 is 0.650 bits per heavy atom. The van der Waals surface area contributed by atoms with Gasteiger partial charge >= 0.3 is 0 Å². The van der Waals surface area contributed by atoms with Gasteiger partial charge in [-0.15, -0.1) is 0 Å². The first-order chi connectivity index (χ1) is 9.08. The van der Waals surface area contributed by atoms with Crippen molar-refractivity contribution in [2.24, 2.45) is 0 Å². The first kappa shape index (κ1) is 20.7. The Bertz CT molecular complexity index is 412. The Labute approximate surface area is 125 Å². The minimum absolute atomic E-state index is 0. The van der Waals surface area contributed by atoms with Crippen LogP contribution in [0.25, 0.3) is 0 Å². The van der Waals surface area contributed by atoms with E-state index < -0.39 is 0 Å². The zero-order valence-corrected chi connectivity index (χ0v) is 13.7. The minimum atomic E-state index is 0. The Balaban J connectivity index is 0. The fourth-order valence-corrected chi connectivity index (χ4v) is 1.36. The van der Waals surface area contributed by atoms with Gasteiger partial charge in [0.25, 0.3) is 0 Å². The van der Waals surface area contributed by atoms with Crippen LogP contribution in [0, 0.1) is 20.3 Å². The van der Waals surface area contributed by atoms with Crippen molar-refractivity contribution < 1.29 is 5.48 Å². The van der Waals surface area contributed by atoms with Gasteiger partial charge < -0.3 is 5.48 Å². The average Bonchev–Trinajstić information content (AvgIpc) is 2.61. The van der Waals surface area contributed by atoms with Crippen LogP contribution in [0.4, 0.5) is 0 Å². The molecule has 0 fully saturated rings. The Kier molecular flexibility index (Phi) is 12.9. The number of rotatable bonds is 0. The van der Waals surface area contributed by atoms with Gasteiger partial charge in [0.1, 0.15) is 0 Å². The maximum atomic E-state index is 2.12. The Morgan fingerprint density at radius 2 is 1.05 bits per heavy atom. The molecule has 2 rings (SSSR count). The summed E-state index contributed by atoms with van der Waals surface area (Å²) in [6.45, 7) is 12.4. The highest BCUT2D eigenvalue weighted by Gasteiger charge is 1.88. The van der Waals surface area contributed by atoms with E-state index in [4.69, 9.17) is 0 Å². The molecule has 0 saturated carbocycles. The normalized spacial score (nSPS) is 12.3. The van der Waals surface area contributed by atoms with Crippen molar-refractivity contribution in [2.45, 2.75) is 41.5 Å². The number of allylic oxidation sites excluding steroid dienone is 6. The van der Waals surface area contributed by atoms with Crippen LogP contribution in [0.1, 0.15) is 38.8 Å². The van der Waals surface area contributed by atoms with E-state index >= 15 is 0 Å². The van der Waals surface area contributed by atoms with Gasteiger partial charge in [-0.25, -0.2) is 0 Å². The second-order valence-electron chi connectivity index (χ2n) is 4.50. The summed E-state index contributed by atoms with van der Waals surface area (Å²) in [5.41, 5.74) is 5.28. The van der Waals surface area contributed by atoms with Crippen LogP contribution in [0.2, 0.25) is 0 Å². The maximum absolute atomic E-state index is 2.12. The molecular formula is C19H29O. The van der Waals surface area contributed by atoms with Crippen molar-refractivity contribution in [3.05, 3.63) is 77.3 Å². The molecule has 1 nitrogen and oxygen atoms in total. The highest BCUT2D eigenvalue weighted by atomic mass is 16.0. The van der Waals surface area contributed by atoms with Gasteiger partial charge in [0.15, 0.2) is 0 Å². The van der Waals surface area contributed by atoms with E-state index in [0.717, 1.165) is 0 Å². The number of aryl methyl sites for hydroxylation is 2. The zero-order valence-electron chi connectivity index (χ0n) is 13.7. The smallest absolute Gasteiger partial charge is 0.00807 e. The van der Waals surface area contributed by atoms with Crippen LogP contribution >= 0.6 is 0 Å². The molecule has 2 N–H and O–H groups in total. The quantitative estimate of drug-likeness (QED) is 0.625. The summed E-state index contributed by atoms with van der Waals surface area (Å²) in [5, 5.41) is 0. The SMILES string of the molecule is CC.CC1=CC=C(C)C=C[CH]1.Cc1ccc(C)cc1.O.